The van der Waals surface area contributed by atoms with Crippen molar-refractivity contribution in [3.05, 3.63) is 0 Å². The van der Waals surface area contributed by atoms with E-state index in [9.17, 15) is 22.8 Å². The fourth-order valence-corrected chi connectivity index (χ4v) is 2.40. The topological polar surface area (TPSA) is 92.4 Å². The molecule has 0 aliphatic heterocycles. The number of carbonyl (C=O) groups excluding carboxylic acids is 1. The number of nitrogens with one attached hydrogen (secondary N) is 1. The molecule has 3 unspecified atom stereocenters. The second-order valence-electron chi connectivity index (χ2n) is 5.09. The lowest BCUT2D eigenvalue weighted by molar-refractivity contribution is -0.189. The monoisotopic (exact) mass is 296 g/mol. The standard InChI is InChI=1S/C12H19F3N2O3/c13-12(14,15)7-3-1-2-4-9(7)17-11(20)8(16)5-6-10(18)19/h7-9H,1-6,16H2,(H,17,20)(H,18,19). The van der Waals surface area contributed by atoms with E-state index in [4.69, 9.17) is 10.8 Å². The van der Waals surface area contributed by atoms with Crippen molar-refractivity contribution in [2.24, 2.45) is 11.7 Å². The zero-order chi connectivity index (χ0) is 15.3. The first-order valence-electron chi connectivity index (χ1n) is 6.56. The van der Waals surface area contributed by atoms with Gasteiger partial charge in [0.05, 0.1) is 12.0 Å². The van der Waals surface area contributed by atoms with Crippen molar-refractivity contribution in [2.75, 3.05) is 0 Å². The van der Waals surface area contributed by atoms with Crippen molar-refractivity contribution in [2.45, 2.75) is 56.8 Å². The van der Waals surface area contributed by atoms with E-state index in [0.717, 1.165) is 0 Å². The molecule has 0 aromatic heterocycles. The molecule has 1 amide bonds. The quantitative estimate of drug-likeness (QED) is 0.715. The Hall–Kier alpha value is -1.31. The summed E-state index contributed by atoms with van der Waals surface area (Å²) in [6.45, 7) is 0. The van der Waals surface area contributed by atoms with Crippen molar-refractivity contribution in [3.63, 3.8) is 0 Å². The van der Waals surface area contributed by atoms with E-state index in [1.807, 2.05) is 0 Å². The second kappa shape index (κ2) is 6.92. The van der Waals surface area contributed by atoms with E-state index in [-0.39, 0.29) is 25.7 Å². The van der Waals surface area contributed by atoms with E-state index in [1.165, 1.54) is 0 Å². The number of aliphatic carboxylic acids is 1. The minimum Gasteiger partial charge on any atom is -0.481 e. The summed E-state index contributed by atoms with van der Waals surface area (Å²) < 4.78 is 38.5. The van der Waals surface area contributed by atoms with E-state index in [2.05, 4.69) is 5.32 Å². The summed E-state index contributed by atoms with van der Waals surface area (Å²) in [7, 11) is 0. The number of halogens is 3. The Morgan fingerprint density at radius 3 is 2.45 bits per heavy atom. The Labute approximate surface area is 114 Å². The molecule has 4 N–H and O–H groups in total. The van der Waals surface area contributed by atoms with Gasteiger partial charge in [-0.05, 0) is 19.3 Å². The lowest BCUT2D eigenvalue weighted by Gasteiger charge is -2.34. The zero-order valence-electron chi connectivity index (χ0n) is 10.9. The normalized spacial score (nSPS) is 25.0. The van der Waals surface area contributed by atoms with Crippen LogP contribution in [0.3, 0.4) is 0 Å². The van der Waals surface area contributed by atoms with Crippen LogP contribution in [0.1, 0.15) is 38.5 Å². The second-order valence-corrected chi connectivity index (χ2v) is 5.09. The fraction of sp³-hybridized carbons (Fsp3) is 0.833. The maximum Gasteiger partial charge on any atom is 0.393 e. The van der Waals surface area contributed by atoms with Crippen LogP contribution in [-0.4, -0.2) is 35.2 Å². The number of hydrogen-bond donors (Lipinski definition) is 3. The number of carbonyl (C=O) groups is 2. The average molecular weight is 296 g/mol. The molecule has 1 saturated carbocycles. The number of nitrogens with two attached hydrogens (primary N) is 1. The molecular weight excluding hydrogens is 277 g/mol. The number of amides is 1. The predicted molar refractivity (Wildman–Crippen MR) is 64.8 cm³/mol. The van der Waals surface area contributed by atoms with Crippen LogP contribution in [0.4, 0.5) is 13.2 Å². The molecule has 1 rings (SSSR count). The van der Waals surface area contributed by atoms with Gasteiger partial charge < -0.3 is 16.2 Å². The lowest BCUT2D eigenvalue weighted by atomic mass is 9.84. The van der Waals surface area contributed by atoms with E-state index >= 15 is 0 Å². The molecule has 0 aromatic carbocycles. The zero-order valence-corrected chi connectivity index (χ0v) is 10.9. The molecule has 8 heteroatoms. The number of rotatable bonds is 5. The van der Waals surface area contributed by atoms with Crippen LogP contribution in [0.25, 0.3) is 0 Å². The van der Waals surface area contributed by atoms with Crippen LogP contribution in [0.5, 0.6) is 0 Å². The lowest BCUT2D eigenvalue weighted by Crippen LogP contribution is -2.52. The minimum absolute atomic E-state index is 0.00118. The molecule has 3 atom stereocenters. The molecule has 1 aliphatic rings. The Morgan fingerprint density at radius 1 is 1.30 bits per heavy atom. The van der Waals surface area contributed by atoms with E-state index < -0.39 is 36.1 Å². The predicted octanol–water partition coefficient (Wildman–Crippen LogP) is 1.42. The van der Waals surface area contributed by atoms with Crippen LogP contribution in [-0.2, 0) is 9.59 Å². The summed E-state index contributed by atoms with van der Waals surface area (Å²) in [4.78, 5) is 22.1. The summed E-state index contributed by atoms with van der Waals surface area (Å²) in [5.41, 5.74) is 5.48. The van der Waals surface area contributed by atoms with Gasteiger partial charge >= 0.3 is 12.1 Å². The van der Waals surface area contributed by atoms with Gasteiger partial charge in [-0.25, -0.2) is 0 Å². The number of hydrogen-bond acceptors (Lipinski definition) is 3. The smallest absolute Gasteiger partial charge is 0.393 e. The highest BCUT2D eigenvalue weighted by Gasteiger charge is 2.46. The summed E-state index contributed by atoms with van der Waals surface area (Å²) in [5, 5.41) is 10.8. The highest BCUT2D eigenvalue weighted by atomic mass is 19.4. The molecule has 5 nitrogen and oxygen atoms in total. The van der Waals surface area contributed by atoms with E-state index in [1.54, 1.807) is 0 Å². The van der Waals surface area contributed by atoms with Crippen LogP contribution in [0, 0.1) is 5.92 Å². The van der Waals surface area contributed by atoms with Gasteiger partial charge in [0.2, 0.25) is 5.91 Å². The first-order chi connectivity index (χ1) is 9.21. The summed E-state index contributed by atoms with van der Waals surface area (Å²) in [6, 6.07) is -2.06. The molecular formula is C12H19F3N2O3. The molecule has 1 aliphatic carbocycles. The Morgan fingerprint density at radius 2 is 1.90 bits per heavy atom. The van der Waals surface area contributed by atoms with Gasteiger partial charge in [-0.2, -0.15) is 13.2 Å². The fourth-order valence-electron chi connectivity index (χ4n) is 2.40. The largest absolute Gasteiger partial charge is 0.481 e. The molecule has 1 fully saturated rings. The maximum absolute atomic E-state index is 12.8. The Bertz CT molecular complexity index is 360. The minimum atomic E-state index is -4.34. The Balaban J connectivity index is 2.55. The first-order valence-corrected chi connectivity index (χ1v) is 6.56. The number of carboxylic acids is 1. The van der Waals surface area contributed by atoms with Gasteiger partial charge in [0, 0.05) is 12.5 Å². The third kappa shape index (κ3) is 4.99. The van der Waals surface area contributed by atoms with Gasteiger partial charge in [0.1, 0.15) is 0 Å². The summed E-state index contributed by atoms with van der Waals surface area (Å²) in [5.74, 6) is -3.36. The summed E-state index contributed by atoms with van der Waals surface area (Å²) >= 11 is 0. The van der Waals surface area contributed by atoms with Crippen molar-refractivity contribution < 1.29 is 27.9 Å². The van der Waals surface area contributed by atoms with Crippen molar-refractivity contribution in [1.29, 1.82) is 0 Å². The van der Waals surface area contributed by atoms with Gasteiger partial charge in [-0.3, -0.25) is 9.59 Å². The number of alkyl halides is 3. The third-order valence-electron chi connectivity index (χ3n) is 3.52. The van der Waals surface area contributed by atoms with Crippen molar-refractivity contribution in [3.8, 4) is 0 Å². The number of carboxylic acid groups (broad SMARTS) is 1. The Kier molecular flexibility index (Phi) is 5.79. The van der Waals surface area contributed by atoms with Gasteiger partial charge in [-0.15, -0.1) is 0 Å². The highest BCUT2D eigenvalue weighted by molar-refractivity contribution is 5.82. The van der Waals surface area contributed by atoms with Crippen LogP contribution >= 0.6 is 0 Å². The van der Waals surface area contributed by atoms with Crippen molar-refractivity contribution in [1.82, 2.24) is 5.32 Å². The van der Waals surface area contributed by atoms with E-state index in [0.29, 0.717) is 12.8 Å². The molecule has 0 saturated heterocycles. The van der Waals surface area contributed by atoms with Crippen molar-refractivity contribution >= 4 is 11.9 Å². The van der Waals surface area contributed by atoms with Crippen LogP contribution < -0.4 is 11.1 Å². The molecule has 116 valence electrons. The highest BCUT2D eigenvalue weighted by Crippen LogP contribution is 2.37. The maximum atomic E-state index is 12.8. The molecule has 20 heavy (non-hydrogen) atoms. The molecule has 0 aromatic rings. The summed E-state index contributed by atoms with van der Waals surface area (Å²) in [6.07, 6.45) is -3.35. The third-order valence-corrected chi connectivity index (χ3v) is 3.52. The van der Waals surface area contributed by atoms with Gasteiger partial charge in [-0.1, -0.05) is 12.8 Å². The average Bonchev–Trinajstić information content (AvgIpc) is 2.35. The van der Waals surface area contributed by atoms with Gasteiger partial charge in [0.15, 0.2) is 0 Å². The SMILES string of the molecule is NC(CCC(=O)O)C(=O)NC1CCCCC1C(F)(F)F. The van der Waals surface area contributed by atoms with Gasteiger partial charge in [0.25, 0.3) is 0 Å². The van der Waals surface area contributed by atoms with Crippen LogP contribution in [0.15, 0.2) is 0 Å². The first kappa shape index (κ1) is 16.7. The molecule has 0 bridgehead atoms. The molecule has 0 spiro atoms. The molecule has 0 heterocycles. The van der Waals surface area contributed by atoms with Crippen LogP contribution in [0.2, 0.25) is 0 Å². The molecule has 0 radical (unpaired) electrons.